The molecule has 0 bridgehead atoms. The minimum absolute atomic E-state index is 0. The van der Waals surface area contributed by atoms with Crippen LogP contribution >= 0.6 is 0 Å². The van der Waals surface area contributed by atoms with Crippen molar-refractivity contribution in [3.63, 3.8) is 0 Å². The van der Waals surface area contributed by atoms with Gasteiger partial charge in [0.25, 0.3) is 0 Å². The van der Waals surface area contributed by atoms with Gasteiger partial charge >= 0.3 is 18.9 Å². The molecule has 0 amide bonds. The second-order valence-electron chi connectivity index (χ2n) is 1.67. The fourth-order valence-electron chi connectivity index (χ4n) is 0.365. The standard InChI is InChI=1S/C5H12N.Li/c1-4-5-6(2)3;/h4H,5H2,1-3H3;/q-1;+1. The molecule has 2 heteroatoms. The van der Waals surface area contributed by atoms with E-state index in [0.29, 0.717) is 0 Å². The van der Waals surface area contributed by atoms with Crippen LogP contribution < -0.4 is 18.9 Å². The average Bonchev–Trinajstić information content (AvgIpc) is 1.35. The molecule has 0 aliphatic rings. The van der Waals surface area contributed by atoms with E-state index in [0.717, 1.165) is 6.54 Å². The third-order valence-electron chi connectivity index (χ3n) is 0.548. The van der Waals surface area contributed by atoms with E-state index in [-0.39, 0.29) is 18.9 Å². The minimum atomic E-state index is 0. The van der Waals surface area contributed by atoms with Crippen molar-refractivity contribution in [2.45, 2.75) is 6.92 Å². The molecule has 0 radical (unpaired) electrons. The van der Waals surface area contributed by atoms with Crippen molar-refractivity contribution in [2.75, 3.05) is 20.6 Å². The van der Waals surface area contributed by atoms with Gasteiger partial charge in [-0.05, 0) is 14.1 Å². The first-order valence-electron chi connectivity index (χ1n) is 2.20. The fraction of sp³-hybridized carbons (Fsp3) is 0.800. The summed E-state index contributed by atoms with van der Waals surface area (Å²) in [7, 11) is 4.11. The summed E-state index contributed by atoms with van der Waals surface area (Å²) in [6, 6.07) is 0. The molecule has 0 atom stereocenters. The summed E-state index contributed by atoms with van der Waals surface area (Å²) < 4.78 is 0. The van der Waals surface area contributed by atoms with Crippen molar-refractivity contribution in [3.8, 4) is 0 Å². The van der Waals surface area contributed by atoms with E-state index in [1.807, 2.05) is 0 Å². The monoisotopic (exact) mass is 93.1 g/mol. The van der Waals surface area contributed by atoms with E-state index < -0.39 is 0 Å². The second-order valence-corrected chi connectivity index (χ2v) is 1.67. The van der Waals surface area contributed by atoms with Crippen LogP contribution in [-0.2, 0) is 0 Å². The van der Waals surface area contributed by atoms with Gasteiger partial charge in [-0.2, -0.15) is 6.92 Å². The summed E-state index contributed by atoms with van der Waals surface area (Å²) in [5.74, 6) is 0. The first kappa shape index (κ1) is 10.5. The summed E-state index contributed by atoms with van der Waals surface area (Å²) in [5, 5.41) is 0. The van der Waals surface area contributed by atoms with Crippen LogP contribution in [-0.4, -0.2) is 25.5 Å². The van der Waals surface area contributed by atoms with Crippen molar-refractivity contribution < 1.29 is 18.9 Å². The Morgan fingerprint density at radius 2 is 1.86 bits per heavy atom. The summed E-state index contributed by atoms with van der Waals surface area (Å²) in [6.07, 6.45) is 2.12. The average molecular weight is 93.1 g/mol. The van der Waals surface area contributed by atoms with Crippen LogP contribution in [0.15, 0.2) is 0 Å². The topological polar surface area (TPSA) is 3.24 Å². The smallest absolute Gasteiger partial charge is 0.339 e. The Labute approximate surface area is 58.3 Å². The third-order valence-corrected chi connectivity index (χ3v) is 0.548. The van der Waals surface area contributed by atoms with Gasteiger partial charge in [0.1, 0.15) is 0 Å². The fourth-order valence-corrected chi connectivity index (χ4v) is 0.365. The molecule has 0 rings (SSSR count). The Hall–Kier alpha value is 0.557. The predicted octanol–water partition coefficient (Wildman–Crippen LogP) is -2.22. The molecule has 0 aliphatic heterocycles. The summed E-state index contributed by atoms with van der Waals surface area (Å²) in [4.78, 5) is 2.12. The van der Waals surface area contributed by atoms with Gasteiger partial charge in [-0.25, -0.2) is 0 Å². The SMILES string of the molecule is C[CH-]CN(C)C.[Li+]. The molecule has 0 fully saturated rings. The number of nitrogens with zero attached hydrogens (tertiary/aromatic N) is 1. The van der Waals surface area contributed by atoms with Gasteiger partial charge in [0.15, 0.2) is 0 Å². The summed E-state index contributed by atoms with van der Waals surface area (Å²) >= 11 is 0. The second kappa shape index (κ2) is 6.56. The number of rotatable bonds is 2. The molecule has 0 spiro atoms. The van der Waals surface area contributed by atoms with Crippen molar-refractivity contribution in [2.24, 2.45) is 0 Å². The van der Waals surface area contributed by atoms with E-state index in [4.69, 9.17) is 0 Å². The third kappa shape index (κ3) is 10.8. The molecule has 0 aromatic carbocycles. The molecule has 0 aliphatic carbocycles. The predicted molar refractivity (Wildman–Crippen MR) is 28.5 cm³/mol. The maximum absolute atomic E-state index is 2.12. The summed E-state index contributed by atoms with van der Waals surface area (Å²) in [5.41, 5.74) is 0. The molecule has 0 aromatic rings. The van der Waals surface area contributed by atoms with Gasteiger partial charge in [0.05, 0.1) is 0 Å². The van der Waals surface area contributed by atoms with E-state index in [9.17, 15) is 0 Å². The normalized spacial score (nSPS) is 8.57. The Bertz CT molecular complexity index is 29.3. The van der Waals surface area contributed by atoms with Gasteiger partial charge in [-0.1, -0.05) is 0 Å². The first-order chi connectivity index (χ1) is 2.77. The summed E-state index contributed by atoms with van der Waals surface area (Å²) in [6.45, 7) is 3.14. The van der Waals surface area contributed by atoms with Gasteiger partial charge in [-0.15, -0.1) is 6.54 Å². The first-order valence-corrected chi connectivity index (χ1v) is 2.20. The van der Waals surface area contributed by atoms with Gasteiger partial charge in [0, 0.05) is 0 Å². The van der Waals surface area contributed by atoms with Crippen LogP contribution in [0.1, 0.15) is 6.92 Å². The molecule has 0 N–H and O–H groups in total. The zero-order valence-electron chi connectivity index (χ0n) is 5.73. The van der Waals surface area contributed by atoms with Crippen LogP contribution in [0.3, 0.4) is 0 Å². The van der Waals surface area contributed by atoms with Crippen molar-refractivity contribution in [1.29, 1.82) is 0 Å². The number of hydrogen-bond donors (Lipinski definition) is 0. The minimum Gasteiger partial charge on any atom is -0.339 e. The van der Waals surface area contributed by atoms with E-state index in [1.165, 1.54) is 0 Å². The molecule has 0 saturated heterocycles. The molecule has 0 unspecified atom stereocenters. The van der Waals surface area contributed by atoms with Crippen molar-refractivity contribution >= 4 is 0 Å². The van der Waals surface area contributed by atoms with E-state index in [1.54, 1.807) is 0 Å². The Kier molecular flexibility index (Phi) is 9.86. The van der Waals surface area contributed by atoms with Gasteiger partial charge < -0.3 is 11.3 Å². The van der Waals surface area contributed by atoms with Crippen LogP contribution in [0, 0.1) is 6.42 Å². The molecule has 0 aromatic heterocycles. The van der Waals surface area contributed by atoms with Crippen molar-refractivity contribution in [3.05, 3.63) is 6.42 Å². The van der Waals surface area contributed by atoms with Gasteiger partial charge in [0.2, 0.25) is 0 Å². The van der Waals surface area contributed by atoms with Gasteiger partial charge in [-0.3, -0.25) is 0 Å². The number of hydrogen-bond acceptors (Lipinski definition) is 1. The largest absolute Gasteiger partial charge is 1.00 e. The van der Waals surface area contributed by atoms with E-state index in [2.05, 4.69) is 32.3 Å². The molecular formula is C5H12LiN. The van der Waals surface area contributed by atoms with Crippen molar-refractivity contribution in [1.82, 2.24) is 4.90 Å². The zero-order valence-corrected chi connectivity index (χ0v) is 5.73. The quantitative estimate of drug-likeness (QED) is 0.276. The van der Waals surface area contributed by atoms with Crippen LogP contribution in [0.5, 0.6) is 0 Å². The molecule has 38 valence electrons. The Morgan fingerprint density at radius 3 is 1.86 bits per heavy atom. The van der Waals surface area contributed by atoms with E-state index >= 15 is 0 Å². The van der Waals surface area contributed by atoms with Crippen LogP contribution in [0.2, 0.25) is 0 Å². The molecule has 1 nitrogen and oxygen atoms in total. The Morgan fingerprint density at radius 1 is 1.43 bits per heavy atom. The maximum atomic E-state index is 2.12. The van der Waals surface area contributed by atoms with Crippen LogP contribution in [0.4, 0.5) is 0 Å². The Balaban J connectivity index is 0. The zero-order chi connectivity index (χ0) is 4.99. The molecule has 0 heterocycles. The maximum Gasteiger partial charge on any atom is 1.00 e. The molecule has 0 saturated carbocycles. The molecule has 7 heavy (non-hydrogen) atoms. The molecular weight excluding hydrogens is 81.0 g/mol. The van der Waals surface area contributed by atoms with Crippen LogP contribution in [0.25, 0.3) is 0 Å².